The zero-order valence-corrected chi connectivity index (χ0v) is 11.4. The Morgan fingerprint density at radius 3 is 2.53 bits per heavy atom. The number of hydrogen-bond acceptors (Lipinski definition) is 2. The van der Waals surface area contributed by atoms with Crippen LogP contribution in [0.5, 0.6) is 5.88 Å². The fourth-order valence-electron chi connectivity index (χ4n) is 1.63. The average molecular weight is 256 g/mol. The first-order chi connectivity index (χ1) is 8.36. The van der Waals surface area contributed by atoms with Gasteiger partial charge < -0.3 is 4.74 Å². The first-order valence-corrected chi connectivity index (χ1v) is 7.04. The van der Waals surface area contributed by atoms with Crippen molar-refractivity contribution in [3.8, 4) is 5.88 Å². The summed E-state index contributed by atoms with van der Waals surface area (Å²) in [5, 5.41) is 0. The van der Waals surface area contributed by atoms with Gasteiger partial charge in [-0.1, -0.05) is 45.1 Å². The molecule has 96 valence electrons. The van der Waals surface area contributed by atoms with Gasteiger partial charge in [-0.05, 0) is 12.0 Å². The van der Waals surface area contributed by atoms with Crippen LogP contribution in [0.4, 0.5) is 0 Å². The summed E-state index contributed by atoms with van der Waals surface area (Å²) in [5.74, 6) is 1.21. The summed E-state index contributed by atoms with van der Waals surface area (Å²) in [4.78, 5) is 4.19. The summed E-state index contributed by atoms with van der Waals surface area (Å²) >= 11 is 5.69. The van der Waals surface area contributed by atoms with Gasteiger partial charge in [-0.25, -0.2) is 4.98 Å². The Kier molecular flexibility index (Phi) is 7.81. The highest BCUT2D eigenvalue weighted by Gasteiger charge is 1.96. The van der Waals surface area contributed by atoms with Crippen LogP contribution in [0, 0.1) is 0 Å². The van der Waals surface area contributed by atoms with Crippen LogP contribution >= 0.6 is 11.6 Å². The predicted octanol–water partition coefficient (Wildman–Crippen LogP) is 4.56. The Morgan fingerprint density at radius 2 is 1.88 bits per heavy atom. The van der Waals surface area contributed by atoms with Crippen molar-refractivity contribution in [1.82, 2.24) is 4.98 Å². The lowest BCUT2D eigenvalue weighted by Crippen LogP contribution is -1.99. The summed E-state index contributed by atoms with van der Waals surface area (Å²) in [6, 6.07) is 3.84. The van der Waals surface area contributed by atoms with Crippen LogP contribution in [0.1, 0.15) is 51.0 Å². The van der Waals surface area contributed by atoms with Crippen molar-refractivity contribution >= 4 is 11.6 Å². The molecule has 1 aromatic rings. The van der Waals surface area contributed by atoms with Crippen LogP contribution in [0.2, 0.25) is 0 Å². The fraction of sp³-hybridized carbons (Fsp3) is 0.643. The molecule has 0 N–H and O–H groups in total. The molecule has 0 atom stereocenters. The molecule has 0 amide bonds. The number of hydrogen-bond donors (Lipinski definition) is 0. The minimum atomic E-state index is 0.505. The van der Waals surface area contributed by atoms with Crippen molar-refractivity contribution < 1.29 is 4.74 Å². The van der Waals surface area contributed by atoms with Gasteiger partial charge in [0.1, 0.15) is 0 Å². The molecule has 0 fully saturated rings. The van der Waals surface area contributed by atoms with Crippen molar-refractivity contribution in [2.24, 2.45) is 0 Å². The van der Waals surface area contributed by atoms with Gasteiger partial charge in [0.2, 0.25) is 5.88 Å². The summed E-state index contributed by atoms with van der Waals surface area (Å²) in [5.41, 5.74) is 1.03. The summed E-state index contributed by atoms with van der Waals surface area (Å²) in [7, 11) is 0. The van der Waals surface area contributed by atoms with E-state index in [1.165, 1.54) is 32.1 Å². The minimum Gasteiger partial charge on any atom is -0.478 e. The van der Waals surface area contributed by atoms with E-state index in [0.29, 0.717) is 11.8 Å². The Hall–Kier alpha value is -0.760. The monoisotopic (exact) mass is 255 g/mol. The predicted molar refractivity (Wildman–Crippen MR) is 72.7 cm³/mol. The lowest BCUT2D eigenvalue weighted by atomic mass is 10.1. The molecule has 0 spiro atoms. The first-order valence-electron chi connectivity index (χ1n) is 6.50. The molecule has 1 aromatic heterocycles. The van der Waals surface area contributed by atoms with E-state index in [2.05, 4.69) is 11.9 Å². The van der Waals surface area contributed by atoms with E-state index in [1.807, 2.05) is 12.1 Å². The van der Waals surface area contributed by atoms with E-state index in [0.717, 1.165) is 18.6 Å². The molecule has 0 radical (unpaired) electrons. The molecule has 17 heavy (non-hydrogen) atoms. The second kappa shape index (κ2) is 9.29. The van der Waals surface area contributed by atoms with Crippen LogP contribution in [0.3, 0.4) is 0 Å². The third-order valence-corrected chi connectivity index (χ3v) is 3.01. The van der Waals surface area contributed by atoms with Crippen LogP contribution in [-0.4, -0.2) is 11.6 Å². The van der Waals surface area contributed by atoms with Gasteiger partial charge in [0.05, 0.1) is 6.61 Å². The molecule has 0 saturated heterocycles. The number of alkyl halides is 1. The Balaban J connectivity index is 2.05. The number of pyridine rings is 1. The van der Waals surface area contributed by atoms with Gasteiger partial charge >= 0.3 is 0 Å². The molecule has 1 rings (SSSR count). The quantitative estimate of drug-likeness (QED) is 0.477. The summed E-state index contributed by atoms with van der Waals surface area (Å²) in [6.45, 7) is 3.00. The van der Waals surface area contributed by atoms with Crippen LogP contribution in [-0.2, 0) is 5.88 Å². The van der Waals surface area contributed by atoms with Crippen molar-refractivity contribution in [1.29, 1.82) is 0 Å². The first kappa shape index (κ1) is 14.3. The van der Waals surface area contributed by atoms with Gasteiger partial charge in [-0.15, -0.1) is 11.6 Å². The van der Waals surface area contributed by atoms with Crippen LogP contribution in [0.25, 0.3) is 0 Å². The third kappa shape index (κ3) is 6.52. The average Bonchev–Trinajstić information content (AvgIpc) is 2.38. The summed E-state index contributed by atoms with van der Waals surface area (Å²) in [6.07, 6.45) is 9.44. The van der Waals surface area contributed by atoms with E-state index < -0.39 is 0 Å². The topological polar surface area (TPSA) is 22.1 Å². The van der Waals surface area contributed by atoms with E-state index in [-0.39, 0.29) is 0 Å². The van der Waals surface area contributed by atoms with Gasteiger partial charge in [0.25, 0.3) is 0 Å². The Labute approximate surface area is 109 Å². The highest BCUT2D eigenvalue weighted by molar-refractivity contribution is 6.17. The number of unbranched alkanes of at least 4 members (excludes halogenated alkanes) is 5. The molecule has 0 saturated carbocycles. The van der Waals surface area contributed by atoms with Crippen molar-refractivity contribution in [3.05, 3.63) is 23.9 Å². The highest BCUT2D eigenvalue weighted by Crippen LogP contribution is 2.10. The number of aromatic nitrogens is 1. The van der Waals surface area contributed by atoms with E-state index in [4.69, 9.17) is 16.3 Å². The van der Waals surface area contributed by atoms with Crippen molar-refractivity contribution in [2.75, 3.05) is 6.61 Å². The molecular weight excluding hydrogens is 234 g/mol. The molecule has 0 aromatic carbocycles. The number of rotatable bonds is 9. The zero-order valence-electron chi connectivity index (χ0n) is 10.6. The molecule has 0 aliphatic heterocycles. The van der Waals surface area contributed by atoms with E-state index in [9.17, 15) is 0 Å². The van der Waals surface area contributed by atoms with Crippen molar-refractivity contribution in [2.45, 2.75) is 51.3 Å². The standard InChI is InChI=1S/C14H22ClNO/c1-2-3-4-5-6-7-10-17-14-9-8-13(11-15)12-16-14/h8-9,12H,2-7,10-11H2,1H3. The molecule has 0 aliphatic carbocycles. The van der Waals surface area contributed by atoms with E-state index >= 15 is 0 Å². The zero-order chi connectivity index (χ0) is 12.3. The number of halogens is 1. The second-order valence-corrected chi connectivity index (χ2v) is 4.52. The summed E-state index contributed by atoms with van der Waals surface area (Å²) < 4.78 is 5.56. The normalized spacial score (nSPS) is 10.5. The van der Waals surface area contributed by atoms with Gasteiger partial charge in [0, 0.05) is 18.1 Å². The fourth-order valence-corrected chi connectivity index (χ4v) is 1.79. The molecule has 1 heterocycles. The molecular formula is C14H22ClNO. The minimum absolute atomic E-state index is 0.505. The van der Waals surface area contributed by atoms with Gasteiger partial charge in [-0.2, -0.15) is 0 Å². The third-order valence-electron chi connectivity index (χ3n) is 2.70. The molecule has 0 bridgehead atoms. The number of nitrogens with zero attached hydrogens (tertiary/aromatic N) is 1. The van der Waals surface area contributed by atoms with E-state index in [1.54, 1.807) is 6.20 Å². The lowest BCUT2D eigenvalue weighted by Gasteiger charge is -2.05. The van der Waals surface area contributed by atoms with Crippen molar-refractivity contribution in [3.63, 3.8) is 0 Å². The molecule has 0 aliphatic rings. The maximum absolute atomic E-state index is 5.69. The second-order valence-electron chi connectivity index (χ2n) is 4.25. The smallest absolute Gasteiger partial charge is 0.213 e. The lowest BCUT2D eigenvalue weighted by molar-refractivity contribution is 0.293. The largest absolute Gasteiger partial charge is 0.478 e. The highest BCUT2D eigenvalue weighted by atomic mass is 35.5. The van der Waals surface area contributed by atoms with Crippen LogP contribution < -0.4 is 4.74 Å². The Morgan fingerprint density at radius 1 is 1.12 bits per heavy atom. The molecule has 2 nitrogen and oxygen atoms in total. The maximum Gasteiger partial charge on any atom is 0.213 e. The van der Waals surface area contributed by atoms with Gasteiger partial charge in [-0.3, -0.25) is 0 Å². The number of ether oxygens (including phenoxy) is 1. The van der Waals surface area contributed by atoms with Crippen LogP contribution in [0.15, 0.2) is 18.3 Å². The SMILES string of the molecule is CCCCCCCCOc1ccc(CCl)cn1. The Bertz CT molecular complexity index is 287. The van der Waals surface area contributed by atoms with Gasteiger partial charge in [0.15, 0.2) is 0 Å². The maximum atomic E-state index is 5.69. The molecule has 0 unspecified atom stereocenters. The molecule has 3 heteroatoms.